The first-order chi connectivity index (χ1) is 7.52. The number of hydrogen-bond donors (Lipinski definition) is 1. The van der Waals surface area contributed by atoms with E-state index in [1.807, 2.05) is 0 Å². The Bertz CT molecular complexity index is 479. The third-order valence-corrected chi connectivity index (χ3v) is 2.59. The van der Waals surface area contributed by atoms with E-state index in [1.54, 1.807) is 0 Å². The molecule has 0 spiro atoms. The highest BCUT2D eigenvalue weighted by molar-refractivity contribution is 9.10. The Labute approximate surface area is 98.7 Å². The first-order valence-corrected chi connectivity index (χ1v) is 4.93. The zero-order valence-electron chi connectivity index (χ0n) is 7.78. The summed E-state index contributed by atoms with van der Waals surface area (Å²) in [6.07, 6.45) is -1.67. The molecule has 1 unspecified atom stereocenters. The van der Waals surface area contributed by atoms with E-state index in [1.165, 1.54) is 18.2 Å². The minimum atomic E-state index is -1.67. The van der Waals surface area contributed by atoms with Gasteiger partial charge in [0.15, 0.2) is 17.6 Å². The maximum atomic E-state index is 13.4. The van der Waals surface area contributed by atoms with Crippen molar-refractivity contribution in [2.75, 3.05) is 0 Å². The van der Waals surface area contributed by atoms with Crippen LogP contribution < -0.4 is 0 Å². The molecule has 1 aromatic rings. The monoisotopic (exact) mass is 286 g/mol. The summed E-state index contributed by atoms with van der Waals surface area (Å²) in [6, 6.07) is 5.32. The van der Waals surface area contributed by atoms with Gasteiger partial charge in [-0.25, -0.2) is 8.78 Å². The van der Waals surface area contributed by atoms with E-state index >= 15 is 0 Å². The Hall–Kier alpha value is -1.50. The third-order valence-electron chi connectivity index (χ3n) is 1.98. The van der Waals surface area contributed by atoms with Gasteiger partial charge in [-0.1, -0.05) is 6.07 Å². The molecule has 0 heterocycles. The van der Waals surface area contributed by atoms with Crippen molar-refractivity contribution in [3.8, 4) is 12.1 Å². The second kappa shape index (κ2) is 5.02. The first kappa shape index (κ1) is 12.6. The normalized spacial score (nSPS) is 11.9. The fraction of sp³-hybridized carbons (Fsp3) is 0.200. The number of benzene rings is 1. The van der Waals surface area contributed by atoms with Crippen LogP contribution in [0.15, 0.2) is 16.6 Å². The topological polar surface area (TPSA) is 67.8 Å². The molecule has 0 aliphatic heterocycles. The fourth-order valence-electron chi connectivity index (χ4n) is 1.12. The summed E-state index contributed by atoms with van der Waals surface area (Å²) >= 11 is 2.77. The van der Waals surface area contributed by atoms with Gasteiger partial charge in [-0.3, -0.25) is 0 Å². The van der Waals surface area contributed by atoms with Crippen molar-refractivity contribution in [2.24, 2.45) is 5.92 Å². The molecule has 0 aliphatic rings. The van der Waals surface area contributed by atoms with Gasteiger partial charge in [0.05, 0.1) is 16.6 Å². The predicted molar refractivity (Wildman–Crippen MR) is 53.7 cm³/mol. The van der Waals surface area contributed by atoms with Crippen LogP contribution in [0.4, 0.5) is 8.78 Å². The predicted octanol–water partition coefficient (Wildman–Crippen LogP) is 2.42. The van der Waals surface area contributed by atoms with E-state index in [9.17, 15) is 13.9 Å². The molecule has 0 aliphatic carbocycles. The van der Waals surface area contributed by atoms with Crippen LogP contribution in [0.2, 0.25) is 0 Å². The molecule has 1 aromatic carbocycles. The van der Waals surface area contributed by atoms with Crippen LogP contribution in [0.1, 0.15) is 11.7 Å². The standard InChI is InChI=1S/C10H5BrF2N2O/c11-7-2-1-6(8(12)9(7)13)10(16)5(3-14)4-15/h1-2,5,10,16H. The summed E-state index contributed by atoms with van der Waals surface area (Å²) in [5.74, 6) is -3.86. The second-order valence-corrected chi connectivity index (χ2v) is 3.80. The van der Waals surface area contributed by atoms with Crippen LogP contribution in [-0.2, 0) is 0 Å². The van der Waals surface area contributed by atoms with E-state index in [4.69, 9.17) is 10.5 Å². The summed E-state index contributed by atoms with van der Waals surface area (Å²) in [7, 11) is 0. The SMILES string of the molecule is N#CC(C#N)C(O)c1ccc(Br)c(F)c1F. The molecule has 6 heteroatoms. The highest BCUT2D eigenvalue weighted by Gasteiger charge is 2.25. The van der Waals surface area contributed by atoms with Crippen molar-refractivity contribution < 1.29 is 13.9 Å². The lowest BCUT2D eigenvalue weighted by Gasteiger charge is -2.12. The number of nitriles is 2. The van der Waals surface area contributed by atoms with E-state index < -0.39 is 29.2 Å². The molecule has 0 fully saturated rings. The van der Waals surface area contributed by atoms with Gasteiger partial charge in [-0.2, -0.15) is 10.5 Å². The molecule has 1 rings (SSSR count). The Morgan fingerprint density at radius 1 is 1.19 bits per heavy atom. The maximum Gasteiger partial charge on any atom is 0.173 e. The van der Waals surface area contributed by atoms with Crippen LogP contribution in [0.25, 0.3) is 0 Å². The van der Waals surface area contributed by atoms with E-state index in [0.717, 1.165) is 6.07 Å². The molecule has 1 atom stereocenters. The smallest absolute Gasteiger partial charge is 0.173 e. The molecule has 1 N–H and O–H groups in total. The molecule has 0 saturated carbocycles. The number of aliphatic hydroxyl groups excluding tert-OH is 1. The molecule has 0 bridgehead atoms. The van der Waals surface area contributed by atoms with Gasteiger partial charge in [-0.05, 0) is 22.0 Å². The maximum absolute atomic E-state index is 13.4. The molecular weight excluding hydrogens is 282 g/mol. The minimum Gasteiger partial charge on any atom is -0.386 e. The Kier molecular flexibility index (Phi) is 3.94. The lowest BCUT2D eigenvalue weighted by atomic mass is 9.98. The van der Waals surface area contributed by atoms with Crippen LogP contribution in [0.5, 0.6) is 0 Å². The minimum absolute atomic E-state index is 0.0913. The van der Waals surface area contributed by atoms with Crippen LogP contribution >= 0.6 is 15.9 Å². The fourth-order valence-corrected chi connectivity index (χ4v) is 1.43. The van der Waals surface area contributed by atoms with Gasteiger partial charge >= 0.3 is 0 Å². The van der Waals surface area contributed by atoms with E-state index in [-0.39, 0.29) is 4.47 Å². The van der Waals surface area contributed by atoms with E-state index in [2.05, 4.69) is 15.9 Å². The summed E-state index contributed by atoms with van der Waals surface area (Å²) in [5, 5.41) is 26.5. The van der Waals surface area contributed by atoms with Crippen LogP contribution in [0, 0.1) is 40.2 Å². The van der Waals surface area contributed by atoms with Gasteiger partial charge in [0.25, 0.3) is 0 Å². The van der Waals surface area contributed by atoms with Gasteiger partial charge in [0, 0.05) is 5.56 Å². The summed E-state index contributed by atoms with van der Waals surface area (Å²) in [6.45, 7) is 0. The van der Waals surface area contributed by atoms with Crippen molar-refractivity contribution in [1.29, 1.82) is 10.5 Å². The Morgan fingerprint density at radius 3 is 2.25 bits per heavy atom. The average Bonchev–Trinajstić information content (AvgIpc) is 2.27. The first-order valence-electron chi connectivity index (χ1n) is 4.13. The molecule has 0 radical (unpaired) electrons. The zero-order valence-corrected chi connectivity index (χ0v) is 9.37. The van der Waals surface area contributed by atoms with Gasteiger partial charge in [-0.15, -0.1) is 0 Å². The van der Waals surface area contributed by atoms with Crippen LogP contribution in [0.3, 0.4) is 0 Å². The number of halogens is 3. The average molecular weight is 287 g/mol. The quantitative estimate of drug-likeness (QED) is 0.849. The molecule has 0 aromatic heterocycles. The lowest BCUT2D eigenvalue weighted by Crippen LogP contribution is -2.11. The van der Waals surface area contributed by atoms with Gasteiger partial charge in [0.2, 0.25) is 0 Å². The molecule has 0 saturated heterocycles. The number of hydrogen-bond acceptors (Lipinski definition) is 3. The zero-order chi connectivity index (χ0) is 12.3. The second-order valence-electron chi connectivity index (χ2n) is 2.95. The van der Waals surface area contributed by atoms with Crippen molar-refractivity contribution in [1.82, 2.24) is 0 Å². The van der Waals surface area contributed by atoms with E-state index in [0.29, 0.717) is 0 Å². The van der Waals surface area contributed by atoms with Crippen molar-refractivity contribution in [3.05, 3.63) is 33.8 Å². The summed E-state index contributed by atoms with van der Waals surface area (Å²) < 4.78 is 26.4. The highest BCUT2D eigenvalue weighted by Crippen LogP contribution is 2.28. The third kappa shape index (κ3) is 2.19. The highest BCUT2D eigenvalue weighted by atomic mass is 79.9. The van der Waals surface area contributed by atoms with Crippen LogP contribution in [-0.4, -0.2) is 5.11 Å². The summed E-state index contributed by atoms with van der Waals surface area (Å²) in [5.41, 5.74) is -0.409. The molecule has 82 valence electrons. The number of rotatable bonds is 2. The van der Waals surface area contributed by atoms with Gasteiger partial charge < -0.3 is 5.11 Å². The lowest BCUT2D eigenvalue weighted by molar-refractivity contribution is 0.151. The number of aliphatic hydroxyl groups is 1. The van der Waals surface area contributed by atoms with Gasteiger partial charge in [0.1, 0.15) is 6.10 Å². The molecule has 3 nitrogen and oxygen atoms in total. The summed E-state index contributed by atoms with van der Waals surface area (Å²) in [4.78, 5) is 0. The largest absolute Gasteiger partial charge is 0.386 e. The Balaban J connectivity index is 3.22. The van der Waals surface area contributed by atoms with Crippen molar-refractivity contribution in [2.45, 2.75) is 6.10 Å². The number of nitrogens with zero attached hydrogens (tertiary/aromatic N) is 2. The molecular formula is C10H5BrF2N2O. The Morgan fingerprint density at radius 2 is 1.75 bits per heavy atom. The molecule has 0 amide bonds. The van der Waals surface area contributed by atoms with Crippen molar-refractivity contribution >= 4 is 15.9 Å². The molecule has 16 heavy (non-hydrogen) atoms. The van der Waals surface area contributed by atoms with Crippen molar-refractivity contribution in [3.63, 3.8) is 0 Å².